The fraction of sp³-hybridized carbons (Fsp3) is 0.462. The number of ether oxygens (including phenoxy) is 1. The van der Waals surface area contributed by atoms with Crippen molar-refractivity contribution in [2.45, 2.75) is 26.3 Å². The van der Waals surface area contributed by atoms with Gasteiger partial charge in [0, 0.05) is 5.56 Å². The molecule has 0 heterocycles. The molecular formula is C13H17FN2O5. The Morgan fingerprint density at radius 3 is 2.76 bits per heavy atom. The highest BCUT2D eigenvalue weighted by atomic mass is 19.1. The van der Waals surface area contributed by atoms with Gasteiger partial charge in [-0.15, -0.1) is 0 Å². The number of benzene rings is 1. The Labute approximate surface area is 120 Å². The number of carboxylic acids is 1. The van der Waals surface area contributed by atoms with Crippen molar-refractivity contribution in [3.63, 3.8) is 0 Å². The van der Waals surface area contributed by atoms with Crippen LogP contribution in [-0.4, -0.2) is 35.2 Å². The number of rotatable bonds is 8. The van der Waals surface area contributed by atoms with E-state index in [-0.39, 0.29) is 23.6 Å². The first-order valence-corrected chi connectivity index (χ1v) is 6.40. The summed E-state index contributed by atoms with van der Waals surface area (Å²) < 4.78 is 18.8. The maximum atomic E-state index is 13.7. The molecule has 0 fully saturated rings. The van der Waals surface area contributed by atoms with Crippen LogP contribution in [0, 0.1) is 22.9 Å². The predicted molar refractivity (Wildman–Crippen MR) is 73.0 cm³/mol. The Morgan fingerprint density at radius 2 is 2.24 bits per heavy atom. The minimum atomic E-state index is -1.11. The lowest BCUT2D eigenvalue weighted by molar-refractivity contribution is -0.385. The number of aryl methyl sites for hydroxylation is 1. The molecule has 0 spiro atoms. The number of aliphatic carboxylic acids is 1. The van der Waals surface area contributed by atoms with Crippen molar-refractivity contribution in [3.8, 4) is 5.75 Å². The van der Waals surface area contributed by atoms with Gasteiger partial charge in [0.1, 0.15) is 12.6 Å². The van der Waals surface area contributed by atoms with E-state index in [4.69, 9.17) is 9.84 Å². The quantitative estimate of drug-likeness (QED) is 0.561. The molecule has 0 amide bonds. The third-order valence-corrected chi connectivity index (χ3v) is 2.79. The number of carbonyl (C=O) groups is 1. The highest BCUT2D eigenvalue weighted by Crippen LogP contribution is 2.27. The summed E-state index contributed by atoms with van der Waals surface area (Å²) in [6.07, 6.45) is 0.745. The number of halogens is 1. The molecule has 0 saturated heterocycles. The lowest BCUT2D eigenvalue weighted by Crippen LogP contribution is -2.41. The molecule has 0 aromatic heterocycles. The van der Waals surface area contributed by atoms with Crippen molar-refractivity contribution in [3.05, 3.63) is 33.6 Å². The van der Waals surface area contributed by atoms with Crippen LogP contribution in [-0.2, 0) is 4.79 Å². The lowest BCUT2D eigenvalue weighted by atomic mass is 10.2. The van der Waals surface area contributed by atoms with E-state index < -0.39 is 22.8 Å². The summed E-state index contributed by atoms with van der Waals surface area (Å²) in [5.74, 6) is -2.21. The molecule has 0 bridgehead atoms. The van der Waals surface area contributed by atoms with Crippen LogP contribution >= 0.6 is 0 Å². The molecule has 2 N–H and O–H groups in total. The largest absolute Gasteiger partial charge is 0.488 e. The molecule has 7 nitrogen and oxygen atoms in total. The molecule has 0 aliphatic heterocycles. The Hall–Kier alpha value is -2.22. The second-order valence-electron chi connectivity index (χ2n) is 4.48. The number of nitro benzene ring substituents is 1. The molecule has 0 saturated carbocycles. The fourth-order valence-electron chi connectivity index (χ4n) is 1.66. The zero-order valence-electron chi connectivity index (χ0n) is 11.8. The molecule has 1 unspecified atom stereocenters. The van der Waals surface area contributed by atoms with Gasteiger partial charge in [0.15, 0.2) is 11.6 Å². The van der Waals surface area contributed by atoms with Gasteiger partial charge in [-0.1, -0.05) is 6.92 Å². The van der Waals surface area contributed by atoms with Crippen LogP contribution in [0.3, 0.4) is 0 Å². The second-order valence-corrected chi connectivity index (χ2v) is 4.48. The van der Waals surface area contributed by atoms with Gasteiger partial charge in [0.2, 0.25) is 0 Å². The van der Waals surface area contributed by atoms with E-state index in [0.717, 1.165) is 12.5 Å². The number of hydrogen-bond donors (Lipinski definition) is 2. The first-order chi connectivity index (χ1) is 9.86. The lowest BCUT2D eigenvalue weighted by Gasteiger charge is -2.15. The molecule has 0 aliphatic carbocycles. The summed E-state index contributed by atoms with van der Waals surface area (Å²) in [7, 11) is 0. The molecule has 1 rings (SSSR count). The van der Waals surface area contributed by atoms with E-state index in [9.17, 15) is 19.3 Å². The van der Waals surface area contributed by atoms with Crippen LogP contribution in [0.1, 0.15) is 18.9 Å². The molecule has 1 atom stereocenters. The van der Waals surface area contributed by atoms with Gasteiger partial charge in [-0.05, 0) is 26.0 Å². The zero-order valence-corrected chi connectivity index (χ0v) is 11.8. The van der Waals surface area contributed by atoms with Crippen molar-refractivity contribution < 1.29 is 24.0 Å². The maximum absolute atomic E-state index is 13.7. The average molecular weight is 300 g/mol. The van der Waals surface area contributed by atoms with Crippen molar-refractivity contribution in [2.75, 3.05) is 13.2 Å². The Morgan fingerprint density at radius 1 is 1.57 bits per heavy atom. The topological polar surface area (TPSA) is 102 Å². The van der Waals surface area contributed by atoms with Crippen LogP contribution in [0.15, 0.2) is 12.1 Å². The number of carboxylic acid groups (broad SMARTS) is 1. The fourth-order valence-corrected chi connectivity index (χ4v) is 1.66. The van der Waals surface area contributed by atoms with E-state index >= 15 is 0 Å². The summed E-state index contributed by atoms with van der Waals surface area (Å²) >= 11 is 0. The number of hydrogen-bond acceptors (Lipinski definition) is 5. The summed E-state index contributed by atoms with van der Waals surface area (Å²) in [6, 6.07) is 0.978. The molecule has 116 valence electrons. The SMILES string of the molecule is CCCNC(COc1cc(C)c([N+](=O)[O-])cc1F)C(=O)O. The van der Waals surface area contributed by atoms with Gasteiger partial charge in [-0.25, -0.2) is 4.39 Å². The van der Waals surface area contributed by atoms with Gasteiger partial charge in [-0.3, -0.25) is 14.9 Å². The number of nitrogens with one attached hydrogen (secondary N) is 1. The van der Waals surface area contributed by atoms with Crippen LogP contribution in [0.5, 0.6) is 5.75 Å². The minimum absolute atomic E-state index is 0.206. The molecule has 0 aliphatic rings. The van der Waals surface area contributed by atoms with Crippen LogP contribution in [0.4, 0.5) is 10.1 Å². The normalized spacial score (nSPS) is 12.0. The first kappa shape index (κ1) is 16.8. The standard InChI is InChI=1S/C13H17FN2O5/c1-3-4-15-10(13(17)18)7-21-12-5-8(2)11(16(19)20)6-9(12)14/h5-6,10,15H,3-4,7H2,1-2H3,(H,17,18). The van der Waals surface area contributed by atoms with Gasteiger partial charge in [0.25, 0.3) is 5.69 Å². The molecule has 8 heteroatoms. The van der Waals surface area contributed by atoms with Crippen LogP contribution < -0.4 is 10.1 Å². The van der Waals surface area contributed by atoms with Gasteiger partial charge >= 0.3 is 5.97 Å². The van der Waals surface area contributed by atoms with Crippen LogP contribution in [0.25, 0.3) is 0 Å². The molecular weight excluding hydrogens is 283 g/mol. The van der Waals surface area contributed by atoms with Gasteiger partial charge in [-0.2, -0.15) is 0 Å². The van der Waals surface area contributed by atoms with E-state index in [1.54, 1.807) is 0 Å². The molecule has 21 heavy (non-hydrogen) atoms. The summed E-state index contributed by atoms with van der Waals surface area (Å²) in [5.41, 5.74) is -0.108. The predicted octanol–water partition coefficient (Wildman–Crippen LogP) is 1.87. The minimum Gasteiger partial charge on any atom is -0.488 e. The Kier molecular flexibility index (Phi) is 6.04. The zero-order chi connectivity index (χ0) is 16.0. The molecule has 1 aromatic rings. The molecule has 1 aromatic carbocycles. The third kappa shape index (κ3) is 4.67. The van der Waals surface area contributed by atoms with Crippen molar-refractivity contribution in [1.82, 2.24) is 5.32 Å². The van der Waals surface area contributed by atoms with E-state index in [2.05, 4.69) is 5.32 Å². The first-order valence-electron chi connectivity index (χ1n) is 6.40. The summed E-state index contributed by atoms with van der Waals surface area (Å²) in [6.45, 7) is 3.55. The smallest absolute Gasteiger partial charge is 0.324 e. The second kappa shape index (κ2) is 7.53. The average Bonchev–Trinajstić information content (AvgIpc) is 2.41. The van der Waals surface area contributed by atoms with E-state index in [1.165, 1.54) is 13.0 Å². The Bertz CT molecular complexity index is 536. The highest BCUT2D eigenvalue weighted by molar-refractivity contribution is 5.73. The van der Waals surface area contributed by atoms with E-state index in [1.807, 2.05) is 6.92 Å². The third-order valence-electron chi connectivity index (χ3n) is 2.79. The van der Waals surface area contributed by atoms with Gasteiger partial charge in [0.05, 0.1) is 11.0 Å². The summed E-state index contributed by atoms with van der Waals surface area (Å²) in [5, 5.41) is 22.4. The van der Waals surface area contributed by atoms with Crippen molar-refractivity contribution in [2.24, 2.45) is 0 Å². The van der Waals surface area contributed by atoms with Gasteiger partial charge < -0.3 is 15.2 Å². The molecule has 0 radical (unpaired) electrons. The summed E-state index contributed by atoms with van der Waals surface area (Å²) in [4.78, 5) is 21.0. The maximum Gasteiger partial charge on any atom is 0.324 e. The van der Waals surface area contributed by atoms with Crippen LogP contribution in [0.2, 0.25) is 0 Å². The highest BCUT2D eigenvalue weighted by Gasteiger charge is 2.20. The van der Waals surface area contributed by atoms with Crippen molar-refractivity contribution >= 4 is 11.7 Å². The van der Waals surface area contributed by atoms with E-state index in [0.29, 0.717) is 6.54 Å². The Balaban J connectivity index is 2.81. The number of nitro groups is 1. The van der Waals surface area contributed by atoms with Crippen molar-refractivity contribution in [1.29, 1.82) is 0 Å². The monoisotopic (exact) mass is 300 g/mol. The number of nitrogens with zero attached hydrogens (tertiary/aromatic N) is 1.